The fourth-order valence-electron chi connectivity index (χ4n) is 7.02. The van der Waals surface area contributed by atoms with E-state index < -0.39 is 0 Å². The van der Waals surface area contributed by atoms with E-state index in [4.69, 9.17) is 0 Å². The van der Waals surface area contributed by atoms with Crippen LogP contribution in [0.4, 0.5) is 5.69 Å². The van der Waals surface area contributed by atoms with Crippen LogP contribution in [0.1, 0.15) is 58.8 Å². The molecule has 0 spiro atoms. The Hall–Kier alpha value is -1.32. The molecule has 2 N–H and O–H groups in total. The first kappa shape index (κ1) is 20.9. The molecule has 0 heterocycles. The molecule has 3 saturated carbocycles. The standard InChI is InChI=1S/C26H39NO2/c1-18-10-11-22-24(29)23(13-15-25(18,22)2)26(3)14-12-21(28)16-19(26)17-27(4)20-8-6-5-7-9-20/h5-9,19,21-24,28-29H,1,10-17H2,2-4H3/t19-,21+,22?,23?,24-,25+,26+/m1/s1. The van der Waals surface area contributed by atoms with E-state index in [9.17, 15) is 10.2 Å². The summed E-state index contributed by atoms with van der Waals surface area (Å²) in [5.41, 5.74) is 2.76. The van der Waals surface area contributed by atoms with Crippen molar-refractivity contribution in [2.24, 2.45) is 28.6 Å². The van der Waals surface area contributed by atoms with Gasteiger partial charge in [0.2, 0.25) is 0 Å². The van der Waals surface area contributed by atoms with Crippen LogP contribution in [0.15, 0.2) is 42.5 Å². The number of rotatable bonds is 4. The zero-order valence-electron chi connectivity index (χ0n) is 18.5. The van der Waals surface area contributed by atoms with Crippen molar-refractivity contribution in [2.45, 2.75) is 71.0 Å². The van der Waals surface area contributed by atoms with Crippen molar-refractivity contribution in [3.63, 3.8) is 0 Å². The molecule has 0 aliphatic heterocycles. The molecule has 0 saturated heterocycles. The molecule has 0 radical (unpaired) electrons. The van der Waals surface area contributed by atoms with Crippen LogP contribution in [-0.2, 0) is 0 Å². The molecular weight excluding hydrogens is 358 g/mol. The first-order chi connectivity index (χ1) is 13.8. The van der Waals surface area contributed by atoms with Gasteiger partial charge in [0.25, 0.3) is 0 Å². The Morgan fingerprint density at radius 1 is 1.03 bits per heavy atom. The molecule has 3 aliphatic carbocycles. The maximum atomic E-state index is 11.6. The van der Waals surface area contributed by atoms with Gasteiger partial charge in [0.15, 0.2) is 0 Å². The minimum absolute atomic E-state index is 0.0624. The predicted molar refractivity (Wildman–Crippen MR) is 120 cm³/mol. The highest BCUT2D eigenvalue weighted by atomic mass is 16.3. The molecule has 3 nitrogen and oxygen atoms in total. The van der Waals surface area contributed by atoms with Crippen LogP contribution in [-0.4, -0.2) is 36.0 Å². The molecule has 4 rings (SSSR count). The number of anilines is 1. The number of para-hydroxylation sites is 1. The lowest BCUT2D eigenvalue weighted by atomic mass is 9.52. The molecule has 160 valence electrons. The van der Waals surface area contributed by atoms with Crippen molar-refractivity contribution in [2.75, 3.05) is 18.5 Å². The summed E-state index contributed by atoms with van der Waals surface area (Å²) < 4.78 is 0. The molecule has 3 aliphatic rings. The summed E-state index contributed by atoms with van der Waals surface area (Å²) in [4.78, 5) is 2.33. The third-order valence-electron chi connectivity index (χ3n) is 9.23. The van der Waals surface area contributed by atoms with Crippen LogP contribution >= 0.6 is 0 Å². The van der Waals surface area contributed by atoms with Gasteiger partial charge in [0.1, 0.15) is 0 Å². The maximum Gasteiger partial charge on any atom is 0.0610 e. The third-order valence-corrected chi connectivity index (χ3v) is 9.23. The van der Waals surface area contributed by atoms with Gasteiger partial charge in [-0.3, -0.25) is 0 Å². The Morgan fingerprint density at radius 2 is 1.76 bits per heavy atom. The maximum absolute atomic E-state index is 11.6. The van der Waals surface area contributed by atoms with Crippen molar-refractivity contribution in [3.05, 3.63) is 42.5 Å². The minimum atomic E-state index is -0.252. The number of fused-ring (bicyclic) bond motifs is 1. The van der Waals surface area contributed by atoms with E-state index in [1.54, 1.807) is 0 Å². The second-order valence-corrected chi connectivity index (χ2v) is 10.6. The molecule has 0 bridgehead atoms. The Balaban J connectivity index is 1.57. The van der Waals surface area contributed by atoms with Crippen LogP contribution in [0, 0.1) is 28.6 Å². The second-order valence-electron chi connectivity index (χ2n) is 10.6. The minimum Gasteiger partial charge on any atom is -0.393 e. The number of nitrogens with zero attached hydrogens (tertiary/aromatic N) is 1. The number of benzene rings is 1. The molecule has 1 aromatic carbocycles. The highest BCUT2D eigenvalue weighted by Gasteiger charge is 2.56. The number of allylic oxidation sites excluding steroid dienone is 1. The van der Waals surface area contributed by atoms with Gasteiger partial charge in [-0.25, -0.2) is 0 Å². The summed E-state index contributed by atoms with van der Waals surface area (Å²) in [5, 5.41) is 22.1. The van der Waals surface area contributed by atoms with Gasteiger partial charge >= 0.3 is 0 Å². The Morgan fingerprint density at radius 3 is 2.48 bits per heavy atom. The average Bonchev–Trinajstić information content (AvgIpc) is 3.01. The summed E-state index contributed by atoms with van der Waals surface area (Å²) in [6, 6.07) is 10.5. The summed E-state index contributed by atoms with van der Waals surface area (Å²) in [7, 11) is 2.16. The van der Waals surface area contributed by atoms with Crippen LogP contribution < -0.4 is 4.90 Å². The molecule has 29 heavy (non-hydrogen) atoms. The normalized spacial score (nSPS) is 42.5. The molecule has 0 aromatic heterocycles. The lowest BCUT2D eigenvalue weighted by Gasteiger charge is -2.55. The predicted octanol–water partition coefficient (Wildman–Crippen LogP) is 5.03. The zero-order valence-corrected chi connectivity index (χ0v) is 18.5. The summed E-state index contributed by atoms with van der Waals surface area (Å²) in [5.74, 6) is 1.04. The second kappa shape index (κ2) is 7.74. The van der Waals surface area contributed by atoms with E-state index in [1.165, 1.54) is 11.3 Å². The highest BCUT2D eigenvalue weighted by Crippen LogP contribution is 2.61. The topological polar surface area (TPSA) is 43.7 Å². The monoisotopic (exact) mass is 397 g/mol. The molecule has 2 unspecified atom stereocenters. The van der Waals surface area contributed by atoms with E-state index in [-0.39, 0.29) is 23.0 Å². The van der Waals surface area contributed by atoms with Crippen molar-refractivity contribution in [1.82, 2.24) is 0 Å². The average molecular weight is 398 g/mol. The molecule has 0 amide bonds. The van der Waals surface area contributed by atoms with Crippen molar-refractivity contribution in [1.29, 1.82) is 0 Å². The molecule has 7 atom stereocenters. The first-order valence-corrected chi connectivity index (χ1v) is 11.6. The number of aliphatic hydroxyl groups excluding tert-OH is 2. The fraction of sp³-hybridized carbons (Fsp3) is 0.692. The van der Waals surface area contributed by atoms with Crippen molar-refractivity contribution >= 4 is 5.69 Å². The number of hydrogen-bond donors (Lipinski definition) is 2. The smallest absolute Gasteiger partial charge is 0.0610 e. The van der Waals surface area contributed by atoms with Crippen LogP contribution in [0.2, 0.25) is 0 Å². The first-order valence-electron chi connectivity index (χ1n) is 11.6. The highest BCUT2D eigenvalue weighted by molar-refractivity contribution is 5.45. The third kappa shape index (κ3) is 3.55. The van der Waals surface area contributed by atoms with Gasteiger partial charge in [0.05, 0.1) is 12.2 Å². The lowest BCUT2D eigenvalue weighted by Crippen LogP contribution is -2.54. The molecule has 1 aromatic rings. The van der Waals surface area contributed by atoms with Gasteiger partial charge in [-0.05, 0) is 85.7 Å². The summed E-state index contributed by atoms with van der Waals surface area (Å²) >= 11 is 0. The van der Waals surface area contributed by atoms with Gasteiger partial charge < -0.3 is 15.1 Å². The Bertz CT molecular complexity index is 733. The van der Waals surface area contributed by atoms with Crippen LogP contribution in [0.25, 0.3) is 0 Å². The van der Waals surface area contributed by atoms with Gasteiger partial charge in [0, 0.05) is 19.3 Å². The van der Waals surface area contributed by atoms with Gasteiger partial charge in [-0.15, -0.1) is 0 Å². The Kier molecular flexibility index (Phi) is 5.59. The quantitative estimate of drug-likeness (QED) is 0.700. The summed E-state index contributed by atoms with van der Waals surface area (Å²) in [6.45, 7) is 10.0. The summed E-state index contributed by atoms with van der Waals surface area (Å²) in [6.07, 6.45) is 6.62. The van der Waals surface area contributed by atoms with E-state index in [1.807, 2.05) is 0 Å². The number of aliphatic hydroxyl groups is 2. The van der Waals surface area contributed by atoms with Gasteiger partial charge in [-0.2, -0.15) is 0 Å². The SMILES string of the molecule is C=C1CCC2[C@@H](O)C([C@@]3(C)CC[C@H](O)C[C@@H]3CN(C)c3ccccc3)CC[C@@]12C. The van der Waals surface area contributed by atoms with Crippen molar-refractivity contribution in [3.8, 4) is 0 Å². The zero-order chi connectivity index (χ0) is 20.8. The van der Waals surface area contributed by atoms with E-state index in [0.29, 0.717) is 17.8 Å². The molecule has 3 fully saturated rings. The largest absolute Gasteiger partial charge is 0.393 e. The number of hydrogen-bond acceptors (Lipinski definition) is 3. The van der Waals surface area contributed by atoms with Crippen LogP contribution in [0.5, 0.6) is 0 Å². The fourth-order valence-corrected chi connectivity index (χ4v) is 7.02. The van der Waals surface area contributed by atoms with E-state index in [2.05, 4.69) is 62.7 Å². The van der Waals surface area contributed by atoms with Crippen LogP contribution in [0.3, 0.4) is 0 Å². The Labute approximate surface area is 176 Å². The molecular formula is C26H39NO2. The molecule has 3 heteroatoms. The van der Waals surface area contributed by atoms with E-state index >= 15 is 0 Å². The van der Waals surface area contributed by atoms with Crippen molar-refractivity contribution < 1.29 is 10.2 Å². The van der Waals surface area contributed by atoms with Gasteiger partial charge in [-0.1, -0.05) is 44.2 Å². The lowest BCUT2D eigenvalue weighted by molar-refractivity contribution is -0.117. The van der Waals surface area contributed by atoms with E-state index in [0.717, 1.165) is 51.5 Å².